The Hall–Kier alpha value is -2.66. The molecule has 3 aliphatic heterocycles. The Kier molecular flexibility index (Phi) is 4.43. The van der Waals surface area contributed by atoms with Gasteiger partial charge in [-0.25, -0.2) is 0 Å². The van der Waals surface area contributed by atoms with Gasteiger partial charge >= 0.3 is 5.97 Å². The molecule has 1 spiro atoms. The molecule has 2 aromatic carbocycles. The number of rotatable bonds is 4. The van der Waals surface area contributed by atoms with E-state index in [1.165, 1.54) is 0 Å². The molecule has 5 rings (SSSR count). The molecule has 150 valence electrons. The normalized spacial score (nSPS) is 28.0. The molecule has 0 N–H and O–H groups in total. The predicted octanol–water partition coefficient (Wildman–Crippen LogP) is 3.48. The minimum Gasteiger partial charge on any atom is -0.466 e. The highest BCUT2D eigenvalue weighted by Crippen LogP contribution is 2.57. The predicted molar refractivity (Wildman–Crippen MR) is 110 cm³/mol. The Balaban J connectivity index is 1.64. The zero-order chi connectivity index (χ0) is 20.0. The van der Waals surface area contributed by atoms with Crippen molar-refractivity contribution in [1.82, 2.24) is 4.90 Å². The number of para-hydroxylation sites is 1. The highest BCUT2D eigenvalue weighted by atomic mass is 16.5. The molecule has 5 heteroatoms. The van der Waals surface area contributed by atoms with E-state index in [0.29, 0.717) is 19.6 Å². The molecule has 2 aromatic rings. The lowest BCUT2D eigenvalue weighted by molar-refractivity contribution is -0.155. The second-order valence-corrected chi connectivity index (χ2v) is 8.19. The van der Waals surface area contributed by atoms with Crippen molar-refractivity contribution in [2.24, 2.45) is 5.92 Å². The minimum absolute atomic E-state index is 0.0185. The molecule has 3 heterocycles. The van der Waals surface area contributed by atoms with Gasteiger partial charge in [0.05, 0.1) is 19.1 Å². The van der Waals surface area contributed by atoms with Gasteiger partial charge in [0.15, 0.2) is 0 Å². The van der Waals surface area contributed by atoms with E-state index in [1.807, 2.05) is 66.4 Å². The Morgan fingerprint density at radius 1 is 1.14 bits per heavy atom. The summed E-state index contributed by atoms with van der Waals surface area (Å²) < 4.78 is 5.46. The maximum Gasteiger partial charge on any atom is 0.311 e. The van der Waals surface area contributed by atoms with Crippen LogP contribution in [0.1, 0.15) is 37.3 Å². The molecule has 29 heavy (non-hydrogen) atoms. The lowest BCUT2D eigenvalue weighted by Gasteiger charge is -2.37. The number of carbonyl (C=O) groups is 2. The van der Waals surface area contributed by atoms with E-state index in [1.54, 1.807) is 0 Å². The van der Waals surface area contributed by atoms with E-state index in [2.05, 4.69) is 4.90 Å². The summed E-state index contributed by atoms with van der Waals surface area (Å²) in [6.07, 6.45) is 2.79. The van der Waals surface area contributed by atoms with Gasteiger partial charge in [0, 0.05) is 17.3 Å². The molecule has 2 fully saturated rings. The highest BCUT2D eigenvalue weighted by molar-refractivity contribution is 6.10. The van der Waals surface area contributed by atoms with Crippen molar-refractivity contribution < 1.29 is 14.3 Å². The van der Waals surface area contributed by atoms with Crippen LogP contribution in [-0.2, 0) is 26.4 Å². The van der Waals surface area contributed by atoms with E-state index >= 15 is 0 Å². The average Bonchev–Trinajstić information content (AvgIpc) is 3.39. The maximum atomic E-state index is 14.1. The zero-order valence-corrected chi connectivity index (χ0v) is 16.7. The molecule has 5 nitrogen and oxygen atoms in total. The number of amides is 1. The molecule has 0 radical (unpaired) electrons. The first kappa shape index (κ1) is 18.4. The zero-order valence-electron chi connectivity index (χ0n) is 16.7. The van der Waals surface area contributed by atoms with Crippen LogP contribution < -0.4 is 4.90 Å². The van der Waals surface area contributed by atoms with E-state index < -0.39 is 11.5 Å². The number of hydrogen-bond donors (Lipinski definition) is 0. The number of carbonyl (C=O) groups excluding carboxylic acids is 2. The fourth-order valence-electron chi connectivity index (χ4n) is 5.70. The number of nitrogens with zero attached hydrogens (tertiary/aromatic N) is 2. The lowest BCUT2D eigenvalue weighted by Crippen LogP contribution is -2.54. The van der Waals surface area contributed by atoms with Crippen molar-refractivity contribution in [2.45, 2.75) is 44.3 Å². The third kappa shape index (κ3) is 2.57. The Morgan fingerprint density at radius 3 is 2.69 bits per heavy atom. The van der Waals surface area contributed by atoms with Crippen molar-refractivity contribution in [3.8, 4) is 0 Å². The van der Waals surface area contributed by atoms with Crippen molar-refractivity contribution in [3.05, 3.63) is 65.7 Å². The second-order valence-electron chi connectivity index (χ2n) is 8.19. The van der Waals surface area contributed by atoms with Crippen LogP contribution in [0.2, 0.25) is 0 Å². The van der Waals surface area contributed by atoms with Crippen LogP contribution in [0, 0.1) is 5.92 Å². The molecule has 0 aliphatic carbocycles. The van der Waals surface area contributed by atoms with Crippen molar-refractivity contribution in [3.63, 3.8) is 0 Å². The molecule has 0 aromatic heterocycles. The van der Waals surface area contributed by atoms with Crippen LogP contribution in [0.15, 0.2) is 54.6 Å². The van der Waals surface area contributed by atoms with Crippen LogP contribution in [0.25, 0.3) is 0 Å². The molecular weight excluding hydrogens is 364 g/mol. The van der Waals surface area contributed by atoms with Gasteiger partial charge in [-0.1, -0.05) is 48.5 Å². The standard InChI is InChI=1S/C24H26N2O3/c1-2-29-22(27)20-15-18-11-8-14-26(18)24(20)19-12-6-7-13-21(19)25(23(24)28)16-17-9-4-3-5-10-17/h3-7,9-10,12-13,18,20H,2,8,11,14-16H2,1H3/t18-,20-,24+/m1/s1. The van der Waals surface area contributed by atoms with Gasteiger partial charge in [-0.2, -0.15) is 0 Å². The number of fused-ring (bicyclic) bond motifs is 4. The molecule has 3 atom stereocenters. The monoisotopic (exact) mass is 390 g/mol. The molecule has 2 saturated heterocycles. The van der Waals surface area contributed by atoms with E-state index in [0.717, 1.165) is 36.2 Å². The summed E-state index contributed by atoms with van der Waals surface area (Å²) in [6, 6.07) is 18.3. The maximum absolute atomic E-state index is 14.1. The lowest BCUT2D eigenvalue weighted by atomic mass is 9.79. The summed E-state index contributed by atoms with van der Waals surface area (Å²) in [7, 11) is 0. The number of esters is 1. The third-order valence-corrected chi connectivity index (χ3v) is 6.77. The van der Waals surface area contributed by atoms with Crippen LogP contribution in [0.4, 0.5) is 5.69 Å². The number of ether oxygens (including phenoxy) is 1. The molecule has 0 saturated carbocycles. The average molecular weight is 390 g/mol. The molecule has 0 unspecified atom stereocenters. The minimum atomic E-state index is -0.932. The molecule has 1 amide bonds. The quantitative estimate of drug-likeness (QED) is 0.750. The first-order valence-electron chi connectivity index (χ1n) is 10.6. The van der Waals surface area contributed by atoms with Gasteiger partial charge < -0.3 is 9.64 Å². The fourth-order valence-corrected chi connectivity index (χ4v) is 5.70. The van der Waals surface area contributed by atoms with Crippen LogP contribution in [-0.4, -0.2) is 36.0 Å². The van der Waals surface area contributed by atoms with E-state index in [4.69, 9.17) is 4.74 Å². The van der Waals surface area contributed by atoms with E-state index in [-0.39, 0.29) is 17.9 Å². The summed E-state index contributed by atoms with van der Waals surface area (Å²) in [5.41, 5.74) is 2.03. The van der Waals surface area contributed by atoms with Crippen molar-refractivity contribution >= 4 is 17.6 Å². The van der Waals surface area contributed by atoms with Crippen LogP contribution >= 0.6 is 0 Å². The SMILES string of the molecule is CCOC(=O)[C@H]1C[C@H]2CCCN2[C@]12C(=O)N(Cc1ccccc1)c1ccccc12. The Labute approximate surface area is 171 Å². The highest BCUT2D eigenvalue weighted by Gasteiger charge is 2.67. The first-order chi connectivity index (χ1) is 14.2. The Morgan fingerprint density at radius 2 is 1.90 bits per heavy atom. The fraction of sp³-hybridized carbons (Fsp3) is 0.417. The molecule has 3 aliphatic rings. The summed E-state index contributed by atoms with van der Waals surface area (Å²) in [6.45, 7) is 3.51. The van der Waals surface area contributed by atoms with Gasteiger partial charge in [0.25, 0.3) is 5.91 Å². The number of anilines is 1. The summed E-state index contributed by atoms with van der Waals surface area (Å²) >= 11 is 0. The second kappa shape index (κ2) is 6.99. The third-order valence-electron chi connectivity index (χ3n) is 6.77. The largest absolute Gasteiger partial charge is 0.466 e. The van der Waals surface area contributed by atoms with Crippen LogP contribution in [0.5, 0.6) is 0 Å². The van der Waals surface area contributed by atoms with E-state index in [9.17, 15) is 9.59 Å². The van der Waals surface area contributed by atoms with Gasteiger partial charge in [-0.15, -0.1) is 0 Å². The first-order valence-corrected chi connectivity index (χ1v) is 10.6. The smallest absolute Gasteiger partial charge is 0.311 e. The summed E-state index contributed by atoms with van der Waals surface area (Å²) in [5, 5.41) is 0. The van der Waals surface area contributed by atoms with Crippen LogP contribution in [0.3, 0.4) is 0 Å². The Bertz CT molecular complexity index is 944. The number of hydrogen-bond acceptors (Lipinski definition) is 4. The van der Waals surface area contributed by atoms with Gasteiger partial charge in [-0.05, 0) is 44.4 Å². The molecular formula is C24H26N2O3. The van der Waals surface area contributed by atoms with Gasteiger partial charge in [-0.3, -0.25) is 14.5 Å². The van der Waals surface area contributed by atoms with Gasteiger partial charge in [0.1, 0.15) is 5.54 Å². The van der Waals surface area contributed by atoms with Crippen molar-refractivity contribution in [1.29, 1.82) is 0 Å². The number of benzene rings is 2. The summed E-state index contributed by atoms with van der Waals surface area (Å²) in [4.78, 5) is 31.3. The van der Waals surface area contributed by atoms with Gasteiger partial charge in [0.2, 0.25) is 0 Å². The molecule has 0 bridgehead atoms. The van der Waals surface area contributed by atoms with Crippen molar-refractivity contribution in [2.75, 3.05) is 18.1 Å². The topological polar surface area (TPSA) is 49.9 Å². The summed E-state index contributed by atoms with van der Waals surface area (Å²) in [5.74, 6) is -0.682.